The van der Waals surface area contributed by atoms with Gasteiger partial charge < -0.3 is 10.4 Å². The van der Waals surface area contributed by atoms with Crippen molar-refractivity contribution in [1.82, 2.24) is 5.32 Å². The first kappa shape index (κ1) is 20.2. The number of benzene rings is 1. The Kier molecular flexibility index (Phi) is 7.91. The van der Waals surface area contributed by atoms with Crippen LogP contribution < -0.4 is 5.32 Å². The Morgan fingerprint density at radius 3 is 2.38 bits per heavy atom. The van der Waals surface area contributed by atoms with Crippen LogP contribution in [0.25, 0.3) is 0 Å². The molecule has 7 heteroatoms. The Balaban J connectivity index is 2.50. The number of amides is 1. The van der Waals surface area contributed by atoms with Gasteiger partial charge in [-0.25, -0.2) is 13.2 Å². The van der Waals surface area contributed by atoms with Gasteiger partial charge in [0, 0.05) is 0 Å². The van der Waals surface area contributed by atoms with E-state index in [1.165, 1.54) is 0 Å². The van der Waals surface area contributed by atoms with E-state index in [4.69, 9.17) is 5.11 Å². The molecule has 0 aromatic heterocycles. The second-order valence-electron chi connectivity index (χ2n) is 5.95. The van der Waals surface area contributed by atoms with Gasteiger partial charge in [0.25, 0.3) is 0 Å². The van der Waals surface area contributed by atoms with Gasteiger partial charge in [0.05, 0.1) is 5.75 Å². The fourth-order valence-corrected chi connectivity index (χ4v) is 3.52. The second-order valence-corrected chi connectivity index (χ2v) is 8.13. The third-order valence-corrected chi connectivity index (χ3v) is 5.52. The molecule has 24 heavy (non-hydrogen) atoms. The molecule has 0 aliphatic rings. The van der Waals surface area contributed by atoms with E-state index in [2.05, 4.69) is 5.32 Å². The third kappa shape index (κ3) is 7.12. The van der Waals surface area contributed by atoms with Gasteiger partial charge in [-0.3, -0.25) is 4.79 Å². The normalized spacial score (nSPS) is 13.9. The lowest BCUT2D eigenvalue weighted by Gasteiger charge is -2.20. The molecule has 0 aliphatic carbocycles. The molecule has 1 rings (SSSR count). The van der Waals surface area contributed by atoms with Crippen LogP contribution in [0.4, 0.5) is 0 Å². The summed E-state index contributed by atoms with van der Waals surface area (Å²) in [7, 11) is -3.56. The van der Waals surface area contributed by atoms with Gasteiger partial charge in [-0.05, 0) is 24.3 Å². The van der Waals surface area contributed by atoms with E-state index in [9.17, 15) is 18.0 Å². The van der Waals surface area contributed by atoms with Crippen LogP contribution in [0.2, 0.25) is 0 Å². The lowest BCUT2D eigenvalue weighted by molar-refractivity contribution is -0.143. The average molecular weight is 355 g/mol. The maximum absolute atomic E-state index is 12.0. The fourth-order valence-electron chi connectivity index (χ4n) is 2.31. The highest BCUT2D eigenvalue weighted by atomic mass is 32.2. The Labute approximate surface area is 143 Å². The minimum Gasteiger partial charge on any atom is -0.480 e. The van der Waals surface area contributed by atoms with E-state index >= 15 is 0 Å². The Bertz CT molecular complexity index is 642. The van der Waals surface area contributed by atoms with Crippen molar-refractivity contribution in [2.24, 2.45) is 5.92 Å². The van der Waals surface area contributed by atoms with Crippen molar-refractivity contribution in [2.45, 2.75) is 39.2 Å². The highest BCUT2D eigenvalue weighted by Crippen LogP contribution is 2.09. The summed E-state index contributed by atoms with van der Waals surface area (Å²) < 4.78 is 24.0. The van der Waals surface area contributed by atoms with Crippen LogP contribution in [0.5, 0.6) is 0 Å². The molecule has 1 amide bonds. The summed E-state index contributed by atoms with van der Waals surface area (Å²) in [5, 5.41) is 11.4. The lowest BCUT2D eigenvalue weighted by atomic mass is 9.99. The highest BCUT2D eigenvalue weighted by molar-refractivity contribution is 7.92. The second kappa shape index (κ2) is 9.42. The summed E-state index contributed by atoms with van der Waals surface area (Å²) in [6.07, 6.45) is 1.61. The van der Waals surface area contributed by atoms with Gasteiger partial charge in [0.1, 0.15) is 11.8 Å². The van der Waals surface area contributed by atoms with Crippen molar-refractivity contribution >= 4 is 21.7 Å². The van der Waals surface area contributed by atoms with Gasteiger partial charge in [0.15, 0.2) is 9.84 Å². The SMILES string of the molecule is CCC(C)C(NC(=O)CS(=O)(=O)CCCc1ccccc1)C(=O)O. The maximum Gasteiger partial charge on any atom is 0.326 e. The van der Waals surface area contributed by atoms with Gasteiger partial charge in [-0.1, -0.05) is 50.6 Å². The zero-order chi connectivity index (χ0) is 18.2. The monoisotopic (exact) mass is 355 g/mol. The van der Waals surface area contributed by atoms with Crippen LogP contribution >= 0.6 is 0 Å². The van der Waals surface area contributed by atoms with E-state index in [1.807, 2.05) is 37.3 Å². The molecule has 1 aromatic rings. The molecule has 0 saturated heterocycles. The molecule has 0 bridgehead atoms. The number of aliphatic carboxylic acids is 1. The standard InChI is InChI=1S/C17H25NO5S/c1-3-13(2)16(17(20)21)18-15(19)12-24(22,23)11-7-10-14-8-5-4-6-9-14/h4-6,8-9,13,16H,3,7,10-12H2,1-2H3,(H,18,19)(H,20,21). The number of carboxylic acid groups (broad SMARTS) is 1. The van der Waals surface area contributed by atoms with E-state index in [0.29, 0.717) is 19.3 Å². The van der Waals surface area contributed by atoms with Crippen LogP contribution in [0.1, 0.15) is 32.3 Å². The van der Waals surface area contributed by atoms with E-state index < -0.39 is 33.5 Å². The lowest BCUT2D eigenvalue weighted by Crippen LogP contribution is -2.47. The van der Waals surface area contributed by atoms with Gasteiger partial charge >= 0.3 is 5.97 Å². The van der Waals surface area contributed by atoms with Crippen molar-refractivity contribution < 1.29 is 23.1 Å². The van der Waals surface area contributed by atoms with E-state index in [1.54, 1.807) is 6.92 Å². The molecular weight excluding hydrogens is 330 g/mol. The number of sulfone groups is 1. The average Bonchev–Trinajstić information content (AvgIpc) is 2.52. The van der Waals surface area contributed by atoms with Crippen LogP contribution in [0, 0.1) is 5.92 Å². The Morgan fingerprint density at radius 2 is 1.83 bits per heavy atom. The van der Waals surface area contributed by atoms with Crippen molar-refractivity contribution in [3.05, 3.63) is 35.9 Å². The maximum atomic E-state index is 12.0. The number of aryl methyl sites for hydroxylation is 1. The van der Waals surface area contributed by atoms with Crippen molar-refractivity contribution in [3.63, 3.8) is 0 Å². The molecule has 0 radical (unpaired) electrons. The molecule has 0 spiro atoms. The van der Waals surface area contributed by atoms with Crippen LogP contribution in [-0.2, 0) is 25.8 Å². The number of carboxylic acids is 1. The van der Waals surface area contributed by atoms with E-state index in [-0.39, 0.29) is 11.7 Å². The molecule has 2 atom stereocenters. The number of hydrogen-bond acceptors (Lipinski definition) is 4. The summed E-state index contributed by atoms with van der Waals surface area (Å²) in [6.45, 7) is 3.51. The molecule has 134 valence electrons. The van der Waals surface area contributed by atoms with E-state index in [0.717, 1.165) is 5.56 Å². The smallest absolute Gasteiger partial charge is 0.326 e. The number of nitrogens with one attached hydrogen (secondary N) is 1. The first-order valence-corrected chi connectivity index (χ1v) is 9.84. The van der Waals surface area contributed by atoms with Gasteiger partial charge in [0.2, 0.25) is 5.91 Å². The van der Waals surface area contributed by atoms with Crippen LogP contribution in [0.3, 0.4) is 0 Å². The number of hydrogen-bond donors (Lipinski definition) is 2. The molecule has 2 N–H and O–H groups in total. The molecule has 0 fully saturated rings. The third-order valence-electron chi connectivity index (χ3n) is 3.91. The summed E-state index contributed by atoms with van der Waals surface area (Å²) in [6, 6.07) is 8.44. The zero-order valence-electron chi connectivity index (χ0n) is 14.1. The topological polar surface area (TPSA) is 101 Å². The number of carbonyl (C=O) groups excluding carboxylic acids is 1. The number of carbonyl (C=O) groups is 2. The fraction of sp³-hybridized carbons (Fsp3) is 0.529. The molecular formula is C17H25NO5S. The predicted octanol–water partition coefficient (Wildman–Crippen LogP) is 1.65. The van der Waals surface area contributed by atoms with Gasteiger partial charge in [-0.15, -0.1) is 0 Å². The molecule has 1 aromatic carbocycles. The molecule has 0 heterocycles. The minimum absolute atomic E-state index is 0.101. The van der Waals surface area contributed by atoms with Crippen LogP contribution in [-0.4, -0.2) is 42.9 Å². The molecule has 6 nitrogen and oxygen atoms in total. The summed E-state index contributed by atoms with van der Waals surface area (Å²) >= 11 is 0. The largest absolute Gasteiger partial charge is 0.480 e. The summed E-state index contributed by atoms with van der Waals surface area (Å²) in [5.41, 5.74) is 1.04. The molecule has 0 aliphatic heterocycles. The Hall–Kier alpha value is -1.89. The zero-order valence-corrected chi connectivity index (χ0v) is 14.9. The van der Waals surface area contributed by atoms with Crippen molar-refractivity contribution in [2.75, 3.05) is 11.5 Å². The van der Waals surface area contributed by atoms with Crippen molar-refractivity contribution in [3.8, 4) is 0 Å². The Morgan fingerprint density at radius 1 is 1.21 bits per heavy atom. The first-order chi connectivity index (χ1) is 11.2. The summed E-state index contributed by atoms with van der Waals surface area (Å²) in [5.74, 6) is -2.97. The van der Waals surface area contributed by atoms with Gasteiger partial charge in [-0.2, -0.15) is 0 Å². The highest BCUT2D eigenvalue weighted by Gasteiger charge is 2.27. The van der Waals surface area contributed by atoms with Crippen molar-refractivity contribution in [1.29, 1.82) is 0 Å². The van der Waals surface area contributed by atoms with Crippen LogP contribution in [0.15, 0.2) is 30.3 Å². The minimum atomic E-state index is -3.56. The predicted molar refractivity (Wildman–Crippen MR) is 92.4 cm³/mol. The summed E-state index contributed by atoms with van der Waals surface area (Å²) in [4.78, 5) is 23.0. The molecule has 0 saturated carbocycles. The molecule has 2 unspecified atom stereocenters. The number of rotatable bonds is 10. The first-order valence-electron chi connectivity index (χ1n) is 8.01. The quantitative estimate of drug-likeness (QED) is 0.665.